The van der Waals surface area contributed by atoms with Crippen molar-refractivity contribution < 1.29 is 9.53 Å². The summed E-state index contributed by atoms with van der Waals surface area (Å²) in [5.74, 6) is 0.880. The molecule has 0 aromatic heterocycles. The summed E-state index contributed by atoms with van der Waals surface area (Å²) in [6.07, 6.45) is 0.927. The fraction of sp³-hybridized carbons (Fsp3) is 0.250. The van der Waals surface area contributed by atoms with Crippen LogP contribution in [0.5, 0.6) is 5.75 Å². The molecule has 0 radical (unpaired) electrons. The second kappa shape index (κ2) is 7.21. The number of rotatable bonds is 6. The number of nitrogens with one attached hydrogen (secondary N) is 1. The van der Waals surface area contributed by atoms with E-state index in [1.807, 2.05) is 54.3 Å². The fourth-order valence-corrected chi connectivity index (χ4v) is 2.75. The average Bonchev–Trinajstić information content (AvgIpc) is 3.03. The fourth-order valence-electron chi connectivity index (χ4n) is 2.75. The van der Waals surface area contributed by atoms with Gasteiger partial charge in [0.25, 0.3) is 0 Å². The number of benzene rings is 2. The molecule has 1 amide bonds. The molecule has 24 heavy (non-hydrogen) atoms. The maximum atomic E-state index is 12.5. The lowest BCUT2D eigenvalue weighted by molar-refractivity contribution is -0.116. The van der Waals surface area contributed by atoms with E-state index in [0.29, 0.717) is 6.61 Å². The molecule has 1 heterocycles. The van der Waals surface area contributed by atoms with Gasteiger partial charge in [-0.2, -0.15) is 0 Å². The van der Waals surface area contributed by atoms with Crippen molar-refractivity contribution >= 4 is 17.3 Å². The SMILES string of the molecule is C=C(C)COc1ccc(NCC(=O)N2CCc3ccccc32)cc1. The Hall–Kier alpha value is -2.75. The molecule has 0 bridgehead atoms. The third-order valence-electron chi connectivity index (χ3n) is 3.97. The maximum Gasteiger partial charge on any atom is 0.246 e. The van der Waals surface area contributed by atoms with E-state index < -0.39 is 0 Å². The minimum atomic E-state index is 0.0857. The van der Waals surface area contributed by atoms with Gasteiger partial charge in [-0.15, -0.1) is 0 Å². The Morgan fingerprint density at radius 3 is 2.71 bits per heavy atom. The Morgan fingerprint density at radius 2 is 1.96 bits per heavy atom. The summed E-state index contributed by atoms with van der Waals surface area (Å²) < 4.78 is 5.57. The van der Waals surface area contributed by atoms with Crippen LogP contribution in [0.4, 0.5) is 11.4 Å². The molecule has 3 rings (SSSR count). The third-order valence-corrected chi connectivity index (χ3v) is 3.97. The van der Waals surface area contributed by atoms with Crippen molar-refractivity contribution in [3.05, 3.63) is 66.2 Å². The number of hydrogen-bond donors (Lipinski definition) is 1. The highest BCUT2D eigenvalue weighted by molar-refractivity contribution is 5.98. The van der Waals surface area contributed by atoms with Gasteiger partial charge in [0.15, 0.2) is 0 Å². The van der Waals surface area contributed by atoms with Gasteiger partial charge in [0.2, 0.25) is 5.91 Å². The molecule has 1 N–H and O–H groups in total. The van der Waals surface area contributed by atoms with Gasteiger partial charge in [0, 0.05) is 17.9 Å². The van der Waals surface area contributed by atoms with Crippen LogP contribution in [0.2, 0.25) is 0 Å². The second-order valence-electron chi connectivity index (χ2n) is 6.05. The summed E-state index contributed by atoms with van der Waals surface area (Å²) in [6, 6.07) is 15.7. The summed E-state index contributed by atoms with van der Waals surface area (Å²) in [6.45, 7) is 7.29. The molecule has 1 aliphatic rings. The van der Waals surface area contributed by atoms with Crippen LogP contribution >= 0.6 is 0 Å². The first-order valence-corrected chi connectivity index (χ1v) is 8.13. The average molecular weight is 322 g/mol. The zero-order chi connectivity index (χ0) is 16.9. The molecule has 2 aromatic carbocycles. The highest BCUT2D eigenvalue weighted by Gasteiger charge is 2.23. The van der Waals surface area contributed by atoms with Crippen LogP contribution < -0.4 is 15.0 Å². The largest absolute Gasteiger partial charge is 0.489 e. The highest BCUT2D eigenvalue weighted by atomic mass is 16.5. The standard InChI is InChI=1S/C20H22N2O2/c1-15(2)14-24-18-9-7-17(8-10-18)21-13-20(23)22-12-11-16-5-3-4-6-19(16)22/h3-10,21H,1,11-14H2,2H3. The van der Waals surface area contributed by atoms with Crippen molar-refractivity contribution in [2.75, 3.05) is 29.9 Å². The first-order valence-electron chi connectivity index (χ1n) is 8.13. The molecular weight excluding hydrogens is 300 g/mol. The van der Waals surface area contributed by atoms with Gasteiger partial charge < -0.3 is 15.0 Å². The van der Waals surface area contributed by atoms with Crippen LogP contribution in [0.25, 0.3) is 0 Å². The van der Waals surface area contributed by atoms with Crippen molar-refractivity contribution in [3.63, 3.8) is 0 Å². The molecule has 124 valence electrons. The van der Waals surface area contributed by atoms with E-state index >= 15 is 0 Å². The number of hydrogen-bond acceptors (Lipinski definition) is 3. The zero-order valence-electron chi connectivity index (χ0n) is 13.9. The Morgan fingerprint density at radius 1 is 1.21 bits per heavy atom. The lowest BCUT2D eigenvalue weighted by Gasteiger charge is -2.18. The van der Waals surface area contributed by atoms with Crippen molar-refractivity contribution in [3.8, 4) is 5.75 Å². The summed E-state index contributed by atoms with van der Waals surface area (Å²) in [5, 5.41) is 3.18. The Kier molecular flexibility index (Phi) is 4.85. The van der Waals surface area contributed by atoms with Crippen molar-refractivity contribution in [1.82, 2.24) is 0 Å². The number of fused-ring (bicyclic) bond motifs is 1. The van der Waals surface area contributed by atoms with Crippen LogP contribution in [-0.2, 0) is 11.2 Å². The van der Waals surface area contributed by atoms with Gasteiger partial charge in [-0.1, -0.05) is 24.8 Å². The van der Waals surface area contributed by atoms with Crippen LogP contribution in [0, 0.1) is 0 Å². The van der Waals surface area contributed by atoms with Crippen molar-refractivity contribution in [2.24, 2.45) is 0 Å². The highest BCUT2D eigenvalue weighted by Crippen LogP contribution is 2.27. The molecule has 0 spiro atoms. The Labute approximate surface area is 142 Å². The molecule has 0 atom stereocenters. The smallest absolute Gasteiger partial charge is 0.246 e. The quantitative estimate of drug-likeness (QED) is 0.826. The second-order valence-corrected chi connectivity index (χ2v) is 6.05. The summed E-state index contributed by atoms with van der Waals surface area (Å²) >= 11 is 0. The van der Waals surface area contributed by atoms with E-state index in [2.05, 4.69) is 18.0 Å². The van der Waals surface area contributed by atoms with E-state index in [-0.39, 0.29) is 12.5 Å². The van der Waals surface area contributed by atoms with Gasteiger partial charge in [-0.05, 0) is 54.8 Å². The summed E-state index contributed by atoms with van der Waals surface area (Å²) in [4.78, 5) is 14.3. The van der Waals surface area contributed by atoms with Gasteiger partial charge in [0.1, 0.15) is 12.4 Å². The number of carbonyl (C=O) groups excluding carboxylic acids is 1. The van der Waals surface area contributed by atoms with E-state index in [1.165, 1.54) is 5.56 Å². The number of anilines is 2. The molecule has 4 nitrogen and oxygen atoms in total. The molecular formula is C20H22N2O2. The number of nitrogens with zero attached hydrogens (tertiary/aromatic N) is 1. The Balaban J connectivity index is 1.54. The number of carbonyl (C=O) groups is 1. The molecule has 0 aliphatic carbocycles. The minimum Gasteiger partial charge on any atom is -0.489 e. The van der Waals surface area contributed by atoms with Gasteiger partial charge in [-0.25, -0.2) is 0 Å². The topological polar surface area (TPSA) is 41.6 Å². The summed E-state index contributed by atoms with van der Waals surface area (Å²) in [5.41, 5.74) is 4.16. The van der Waals surface area contributed by atoms with Crippen molar-refractivity contribution in [2.45, 2.75) is 13.3 Å². The summed E-state index contributed by atoms with van der Waals surface area (Å²) in [7, 11) is 0. The first kappa shape index (κ1) is 16.1. The minimum absolute atomic E-state index is 0.0857. The molecule has 0 saturated heterocycles. The predicted octanol–water partition coefficient (Wildman–Crippen LogP) is 3.64. The van der Waals surface area contributed by atoms with Crippen LogP contribution in [0.15, 0.2) is 60.7 Å². The Bertz CT molecular complexity index is 738. The molecule has 0 fully saturated rings. The molecule has 2 aromatic rings. The number of ether oxygens (including phenoxy) is 1. The number of amides is 1. The van der Waals surface area contributed by atoms with Crippen LogP contribution in [0.1, 0.15) is 12.5 Å². The van der Waals surface area contributed by atoms with E-state index in [9.17, 15) is 4.79 Å². The van der Waals surface area contributed by atoms with Crippen LogP contribution in [0.3, 0.4) is 0 Å². The third kappa shape index (κ3) is 3.77. The molecule has 0 unspecified atom stereocenters. The lowest BCUT2D eigenvalue weighted by atomic mass is 10.2. The molecule has 4 heteroatoms. The predicted molar refractivity (Wildman–Crippen MR) is 97.7 cm³/mol. The number of para-hydroxylation sites is 1. The lowest BCUT2D eigenvalue weighted by Crippen LogP contribution is -2.34. The van der Waals surface area contributed by atoms with Crippen LogP contribution in [-0.4, -0.2) is 25.6 Å². The normalized spacial score (nSPS) is 12.6. The van der Waals surface area contributed by atoms with E-state index in [4.69, 9.17) is 4.74 Å². The van der Waals surface area contributed by atoms with E-state index in [0.717, 1.165) is 35.7 Å². The van der Waals surface area contributed by atoms with Gasteiger partial charge >= 0.3 is 0 Å². The monoisotopic (exact) mass is 322 g/mol. The zero-order valence-corrected chi connectivity index (χ0v) is 13.9. The van der Waals surface area contributed by atoms with Gasteiger partial charge in [-0.3, -0.25) is 4.79 Å². The van der Waals surface area contributed by atoms with Gasteiger partial charge in [0.05, 0.1) is 6.54 Å². The first-order chi connectivity index (χ1) is 11.6. The van der Waals surface area contributed by atoms with Crippen molar-refractivity contribution in [1.29, 1.82) is 0 Å². The maximum absolute atomic E-state index is 12.5. The van der Waals surface area contributed by atoms with E-state index in [1.54, 1.807) is 0 Å². The molecule has 0 saturated carbocycles. The molecule has 1 aliphatic heterocycles.